The van der Waals surface area contributed by atoms with Crippen molar-refractivity contribution in [2.75, 3.05) is 17.3 Å². The molecule has 1 aromatic carbocycles. The number of hydrogen-bond donors (Lipinski definition) is 0. The van der Waals surface area contributed by atoms with Crippen LogP contribution in [0, 0.1) is 0 Å². The van der Waals surface area contributed by atoms with Crippen molar-refractivity contribution in [2.24, 2.45) is 0 Å². The molecule has 1 atom stereocenters. The minimum absolute atomic E-state index is 0.0139. The maximum Gasteiger partial charge on any atom is 0.316 e. The Kier molecular flexibility index (Phi) is 4.70. The topological polar surface area (TPSA) is 73.3 Å². The Balaban J connectivity index is 1.46. The number of aromatic nitrogens is 1. The Morgan fingerprint density at radius 2 is 2.23 bits per heavy atom. The highest BCUT2D eigenvalue weighted by Crippen LogP contribution is 2.25. The third kappa shape index (κ3) is 3.99. The highest BCUT2D eigenvalue weighted by Gasteiger charge is 2.28. The first-order chi connectivity index (χ1) is 10.5. The van der Waals surface area contributed by atoms with Crippen molar-refractivity contribution in [3.8, 4) is 0 Å². The van der Waals surface area contributed by atoms with E-state index in [1.165, 1.54) is 23.1 Å². The molecule has 1 saturated heterocycles. The fraction of sp³-hybridized carbons (Fsp3) is 0.429. The summed E-state index contributed by atoms with van der Waals surface area (Å²) in [5, 5.41) is 0.781. The number of thioether (sulfide) groups is 1. The summed E-state index contributed by atoms with van der Waals surface area (Å²) < 4.78 is 29.0. The highest BCUT2D eigenvalue weighted by molar-refractivity contribution is 8.02. The van der Waals surface area contributed by atoms with Crippen LogP contribution in [0.15, 0.2) is 24.3 Å². The third-order valence-electron chi connectivity index (χ3n) is 3.32. The van der Waals surface area contributed by atoms with Crippen LogP contribution in [-0.4, -0.2) is 41.9 Å². The number of para-hydroxylation sites is 1. The van der Waals surface area contributed by atoms with Gasteiger partial charge < -0.3 is 4.74 Å². The molecule has 8 heteroatoms. The molecule has 0 saturated carbocycles. The average Bonchev–Trinajstić information content (AvgIpc) is 3.05. The van der Waals surface area contributed by atoms with Crippen LogP contribution in [0.4, 0.5) is 0 Å². The zero-order valence-electron chi connectivity index (χ0n) is 11.7. The lowest BCUT2D eigenvalue weighted by Gasteiger charge is -2.06. The molecule has 118 valence electrons. The van der Waals surface area contributed by atoms with Crippen LogP contribution in [0.3, 0.4) is 0 Å². The van der Waals surface area contributed by atoms with E-state index in [2.05, 4.69) is 4.98 Å². The summed E-state index contributed by atoms with van der Waals surface area (Å²) in [6.07, 6.45) is 0.623. The Labute approximate surface area is 137 Å². The van der Waals surface area contributed by atoms with Gasteiger partial charge >= 0.3 is 5.97 Å². The van der Waals surface area contributed by atoms with Gasteiger partial charge in [-0.25, -0.2) is 13.4 Å². The van der Waals surface area contributed by atoms with Crippen molar-refractivity contribution >= 4 is 49.1 Å². The normalized spacial score (nSPS) is 20.3. The molecule has 22 heavy (non-hydrogen) atoms. The number of thiazole rings is 1. The number of benzene rings is 1. The van der Waals surface area contributed by atoms with Crippen LogP contribution < -0.4 is 0 Å². The lowest BCUT2D eigenvalue weighted by Crippen LogP contribution is -2.12. The van der Waals surface area contributed by atoms with E-state index in [0.717, 1.165) is 15.2 Å². The van der Waals surface area contributed by atoms with E-state index >= 15 is 0 Å². The number of carbonyl (C=O) groups excluding carboxylic acids is 1. The van der Waals surface area contributed by atoms with E-state index in [1.54, 1.807) is 0 Å². The molecule has 0 N–H and O–H groups in total. The monoisotopic (exact) mass is 357 g/mol. The Morgan fingerprint density at radius 3 is 2.95 bits per heavy atom. The molecule has 0 aliphatic carbocycles. The van der Waals surface area contributed by atoms with E-state index in [-0.39, 0.29) is 35.1 Å². The van der Waals surface area contributed by atoms with Crippen LogP contribution >= 0.6 is 23.1 Å². The van der Waals surface area contributed by atoms with Gasteiger partial charge in [0.1, 0.15) is 11.6 Å². The van der Waals surface area contributed by atoms with Crippen LogP contribution in [0.25, 0.3) is 10.2 Å². The zero-order chi connectivity index (χ0) is 15.6. The second-order valence-electron chi connectivity index (χ2n) is 5.07. The molecule has 1 aromatic heterocycles. The number of hydrogen-bond acceptors (Lipinski definition) is 7. The average molecular weight is 357 g/mol. The van der Waals surface area contributed by atoms with Gasteiger partial charge in [0, 0.05) is 5.25 Å². The molecule has 0 radical (unpaired) electrons. The molecule has 0 amide bonds. The molecule has 0 bridgehead atoms. The lowest BCUT2D eigenvalue weighted by atomic mass is 10.3. The molecule has 2 aromatic rings. The number of esters is 1. The number of nitrogens with zero attached hydrogens (tertiary/aromatic N) is 1. The lowest BCUT2D eigenvalue weighted by molar-refractivity contribution is -0.141. The fourth-order valence-corrected chi connectivity index (χ4v) is 6.56. The molecule has 2 heterocycles. The second kappa shape index (κ2) is 6.55. The molecule has 1 aliphatic heterocycles. The maximum atomic E-state index is 11.7. The van der Waals surface area contributed by atoms with Crippen molar-refractivity contribution in [1.82, 2.24) is 4.98 Å². The van der Waals surface area contributed by atoms with E-state index in [9.17, 15) is 13.2 Å². The van der Waals surface area contributed by atoms with Gasteiger partial charge in [-0.3, -0.25) is 4.79 Å². The molecular weight excluding hydrogens is 342 g/mol. The van der Waals surface area contributed by atoms with Crippen molar-refractivity contribution in [1.29, 1.82) is 0 Å². The summed E-state index contributed by atoms with van der Waals surface area (Å²) in [5.41, 5.74) is 0.907. The van der Waals surface area contributed by atoms with E-state index < -0.39 is 9.84 Å². The van der Waals surface area contributed by atoms with Gasteiger partial charge in [0.15, 0.2) is 9.84 Å². The van der Waals surface area contributed by atoms with Crippen molar-refractivity contribution in [3.05, 3.63) is 29.3 Å². The predicted molar refractivity (Wildman–Crippen MR) is 88.9 cm³/mol. The van der Waals surface area contributed by atoms with Crippen molar-refractivity contribution in [2.45, 2.75) is 18.3 Å². The summed E-state index contributed by atoms with van der Waals surface area (Å²) in [5.74, 6) is 0.257. The highest BCUT2D eigenvalue weighted by atomic mass is 32.2. The number of carbonyl (C=O) groups is 1. The quantitative estimate of drug-likeness (QED) is 0.764. The SMILES string of the molecule is O=C(CS[C@@H]1CCS(=O)(=O)C1)OCc1nc2ccccc2s1. The first-order valence-electron chi connectivity index (χ1n) is 6.84. The maximum absolute atomic E-state index is 11.7. The van der Waals surface area contributed by atoms with Gasteiger partial charge in [0.25, 0.3) is 0 Å². The summed E-state index contributed by atoms with van der Waals surface area (Å²) in [6.45, 7) is 0.168. The van der Waals surface area contributed by atoms with Gasteiger partial charge in [-0.2, -0.15) is 0 Å². The summed E-state index contributed by atoms with van der Waals surface area (Å²) in [7, 11) is -2.89. The van der Waals surface area contributed by atoms with Gasteiger partial charge in [-0.15, -0.1) is 23.1 Å². The smallest absolute Gasteiger partial charge is 0.316 e. The first kappa shape index (κ1) is 15.8. The summed E-state index contributed by atoms with van der Waals surface area (Å²) >= 11 is 2.87. The van der Waals surface area contributed by atoms with Crippen LogP contribution in [0.1, 0.15) is 11.4 Å². The zero-order valence-corrected chi connectivity index (χ0v) is 14.2. The number of rotatable bonds is 5. The molecule has 3 rings (SSSR count). The number of sulfone groups is 1. The molecule has 0 spiro atoms. The Bertz CT molecular complexity index is 751. The second-order valence-corrected chi connectivity index (χ2v) is 9.70. The summed E-state index contributed by atoms with van der Waals surface area (Å²) in [4.78, 5) is 16.1. The minimum Gasteiger partial charge on any atom is -0.458 e. The third-order valence-corrected chi connectivity index (χ3v) is 7.59. The van der Waals surface area contributed by atoms with E-state index in [0.29, 0.717) is 6.42 Å². The van der Waals surface area contributed by atoms with Crippen molar-refractivity contribution in [3.63, 3.8) is 0 Å². The summed E-state index contributed by atoms with van der Waals surface area (Å²) in [6, 6.07) is 7.77. The van der Waals surface area contributed by atoms with Crippen molar-refractivity contribution < 1.29 is 17.9 Å². The number of fused-ring (bicyclic) bond motifs is 1. The van der Waals surface area contributed by atoms with Gasteiger partial charge in [0.2, 0.25) is 0 Å². The van der Waals surface area contributed by atoms with Crippen LogP contribution in [-0.2, 0) is 26.0 Å². The van der Waals surface area contributed by atoms with Crippen LogP contribution in [0.5, 0.6) is 0 Å². The molecule has 5 nitrogen and oxygen atoms in total. The molecule has 0 unspecified atom stereocenters. The molecule has 1 fully saturated rings. The number of ether oxygens (including phenoxy) is 1. The Hall–Kier alpha value is -1.12. The standard InChI is InChI=1S/C14H15NO4S3/c16-14(8-20-10-5-6-22(17,18)9-10)19-7-13-15-11-3-1-2-4-12(11)21-13/h1-4,10H,5-9H2/t10-/m1/s1. The molecule has 1 aliphatic rings. The van der Waals surface area contributed by atoms with Crippen LogP contribution in [0.2, 0.25) is 0 Å². The van der Waals surface area contributed by atoms with Gasteiger partial charge in [-0.1, -0.05) is 12.1 Å². The van der Waals surface area contributed by atoms with Gasteiger partial charge in [-0.05, 0) is 18.6 Å². The fourth-order valence-electron chi connectivity index (χ4n) is 2.24. The largest absolute Gasteiger partial charge is 0.458 e. The molecular formula is C14H15NO4S3. The predicted octanol–water partition coefficient (Wildman–Crippen LogP) is 2.26. The first-order valence-corrected chi connectivity index (χ1v) is 10.5. The van der Waals surface area contributed by atoms with E-state index in [1.807, 2.05) is 24.3 Å². The van der Waals surface area contributed by atoms with E-state index in [4.69, 9.17) is 4.74 Å². The van der Waals surface area contributed by atoms with Gasteiger partial charge in [0.05, 0.1) is 27.5 Å². The Morgan fingerprint density at radius 1 is 1.41 bits per heavy atom. The minimum atomic E-state index is -2.89.